The van der Waals surface area contributed by atoms with E-state index in [1.807, 2.05) is 24.3 Å². The minimum Gasteiger partial charge on any atom is -0.399 e. The van der Waals surface area contributed by atoms with E-state index in [9.17, 15) is 4.79 Å². The Bertz CT molecular complexity index is 547. The largest absolute Gasteiger partial charge is 0.399 e. The number of carbonyl (C=O) groups is 1. The fraction of sp³-hybridized carbons (Fsp3) is 0.588. The number of nitrogen functional groups attached to an aromatic ring is 1. The molecular weight excluding hydrogens is 300 g/mol. The SMILES string of the molecule is CC1(C)C(NC(=O)CCc2ccccc2N)C2CCOC21.Cl. The average Bonchev–Trinajstić information content (AvgIpc) is 2.91. The molecule has 0 bridgehead atoms. The summed E-state index contributed by atoms with van der Waals surface area (Å²) in [6.07, 6.45) is 2.55. The summed E-state index contributed by atoms with van der Waals surface area (Å²) < 4.78 is 5.76. The van der Waals surface area contributed by atoms with Crippen molar-refractivity contribution >= 4 is 24.0 Å². The first-order chi connectivity index (χ1) is 10.00. The lowest BCUT2D eigenvalue weighted by molar-refractivity contribution is -0.137. The molecule has 0 aromatic heterocycles. The van der Waals surface area contributed by atoms with Crippen molar-refractivity contribution < 1.29 is 9.53 Å². The van der Waals surface area contributed by atoms with Crippen LogP contribution in [0, 0.1) is 11.3 Å². The van der Waals surface area contributed by atoms with Crippen LogP contribution in [-0.4, -0.2) is 24.7 Å². The highest BCUT2D eigenvalue weighted by atomic mass is 35.5. The first-order valence-corrected chi connectivity index (χ1v) is 7.74. The molecule has 1 aliphatic carbocycles. The molecule has 22 heavy (non-hydrogen) atoms. The molecule has 1 aromatic carbocycles. The van der Waals surface area contributed by atoms with E-state index in [2.05, 4.69) is 19.2 Å². The van der Waals surface area contributed by atoms with E-state index >= 15 is 0 Å². The van der Waals surface area contributed by atoms with E-state index in [4.69, 9.17) is 10.5 Å². The number of rotatable bonds is 4. The monoisotopic (exact) mass is 324 g/mol. The summed E-state index contributed by atoms with van der Waals surface area (Å²) in [6, 6.07) is 7.97. The minimum atomic E-state index is 0. The standard InChI is InChI=1S/C17H24N2O2.ClH/c1-17(2)15(12-9-10-21-16(12)17)19-14(20)8-7-11-5-3-4-6-13(11)18;/h3-6,12,15-16H,7-10,18H2,1-2H3,(H,19,20);1H. The Morgan fingerprint density at radius 2 is 2.14 bits per heavy atom. The van der Waals surface area contributed by atoms with Crippen LogP contribution in [0.3, 0.4) is 0 Å². The van der Waals surface area contributed by atoms with Gasteiger partial charge in [0, 0.05) is 36.1 Å². The van der Waals surface area contributed by atoms with Gasteiger partial charge in [-0.1, -0.05) is 32.0 Å². The van der Waals surface area contributed by atoms with Crippen molar-refractivity contribution in [1.82, 2.24) is 5.32 Å². The Labute approximate surface area is 138 Å². The Kier molecular flexibility index (Phi) is 5.03. The Morgan fingerprint density at radius 3 is 2.86 bits per heavy atom. The number of amides is 1. The first-order valence-electron chi connectivity index (χ1n) is 7.74. The van der Waals surface area contributed by atoms with Crippen molar-refractivity contribution in [3.8, 4) is 0 Å². The van der Waals surface area contributed by atoms with Crippen molar-refractivity contribution in [1.29, 1.82) is 0 Å². The van der Waals surface area contributed by atoms with Gasteiger partial charge >= 0.3 is 0 Å². The lowest BCUT2D eigenvalue weighted by atomic mass is 9.57. The topological polar surface area (TPSA) is 64.4 Å². The maximum Gasteiger partial charge on any atom is 0.220 e. The highest BCUT2D eigenvalue weighted by Gasteiger charge is 2.59. The molecule has 1 aromatic rings. The summed E-state index contributed by atoms with van der Waals surface area (Å²) >= 11 is 0. The summed E-state index contributed by atoms with van der Waals surface area (Å²) in [4.78, 5) is 12.2. The van der Waals surface area contributed by atoms with E-state index in [1.54, 1.807) is 0 Å². The molecule has 3 unspecified atom stereocenters. The van der Waals surface area contributed by atoms with Gasteiger partial charge < -0.3 is 15.8 Å². The fourth-order valence-electron chi connectivity index (χ4n) is 3.87. The number of anilines is 1. The number of hydrogen-bond acceptors (Lipinski definition) is 3. The predicted octanol–water partition coefficient (Wildman–Crippen LogP) is 2.55. The van der Waals surface area contributed by atoms with Crippen LogP contribution in [0.2, 0.25) is 0 Å². The van der Waals surface area contributed by atoms with Gasteiger partial charge in [-0.25, -0.2) is 0 Å². The van der Waals surface area contributed by atoms with Gasteiger partial charge in [0.05, 0.1) is 6.10 Å². The number of nitrogens with one attached hydrogen (secondary N) is 1. The van der Waals surface area contributed by atoms with Crippen molar-refractivity contribution in [2.24, 2.45) is 11.3 Å². The zero-order chi connectivity index (χ0) is 15.0. The molecule has 5 heteroatoms. The second-order valence-electron chi connectivity index (χ2n) is 6.81. The average molecular weight is 325 g/mol. The smallest absolute Gasteiger partial charge is 0.220 e. The minimum absolute atomic E-state index is 0. The van der Waals surface area contributed by atoms with Gasteiger partial charge in [-0.15, -0.1) is 12.4 Å². The van der Waals surface area contributed by atoms with Crippen LogP contribution in [0.4, 0.5) is 5.69 Å². The molecule has 1 aliphatic heterocycles. The van der Waals surface area contributed by atoms with Crippen molar-refractivity contribution in [3.05, 3.63) is 29.8 Å². The summed E-state index contributed by atoms with van der Waals surface area (Å²) in [5.74, 6) is 0.604. The van der Waals surface area contributed by atoms with Crippen LogP contribution >= 0.6 is 12.4 Å². The summed E-state index contributed by atoms with van der Waals surface area (Å²) in [5.41, 5.74) is 7.76. The van der Waals surface area contributed by atoms with Crippen LogP contribution in [0.25, 0.3) is 0 Å². The zero-order valence-electron chi connectivity index (χ0n) is 13.2. The maximum atomic E-state index is 12.2. The highest BCUT2D eigenvalue weighted by molar-refractivity contribution is 5.85. The van der Waals surface area contributed by atoms with Crippen LogP contribution in [-0.2, 0) is 16.0 Å². The Hall–Kier alpha value is -1.26. The molecule has 0 radical (unpaired) electrons. The lowest BCUT2D eigenvalue weighted by Gasteiger charge is -2.54. The van der Waals surface area contributed by atoms with Crippen molar-refractivity contribution in [2.75, 3.05) is 12.3 Å². The molecule has 3 atom stereocenters. The Balaban J connectivity index is 0.00000176. The molecule has 1 heterocycles. The number of para-hydroxylation sites is 1. The van der Waals surface area contributed by atoms with Crippen LogP contribution in [0.15, 0.2) is 24.3 Å². The predicted molar refractivity (Wildman–Crippen MR) is 90.0 cm³/mol. The lowest BCUT2D eigenvalue weighted by Crippen LogP contribution is -2.66. The van der Waals surface area contributed by atoms with Gasteiger partial charge in [0.15, 0.2) is 0 Å². The third-order valence-electron chi connectivity index (χ3n) is 5.09. The number of aryl methyl sites for hydroxylation is 1. The molecule has 1 amide bonds. The van der Waals surface area contributed by atoms with E-state index in [1.165, 1.54) is 0 Å². The number of benzene rings is 1. The third-order valence-corrected chi connectivity index (χ3v) is 5.09. The van der Waals surface area contributed by atoms with Gasteiger partial charge in [-0.05, 0) is 24.5 Å². The van der Waals surface area contributed by atoms with Crippen LogP contribution < -0.4 is 11.1 Å². The van der Waals surface area contributed by atoms with Crippen molar-refractivity contribution in [2.45, 2.75) is 45.3 Å². The summed E-state index contributed by atoms with van der Waals surface area (Å²) in [6.45, 7) is 5.19. The highest BCUT2D eigenvalue weighted by Crippen LogP contribution is 2.52. The number of fused-ring (bicyclic) bond motifs is 1. The molecule has 3 rings (SSSR count). The zero-order valence-corrected chi connectivity index (χ0v) is 14.0. The second-order valence-corrected chi connectivity index (χ2v) is 6.81. The molecule has 3 N–H and O–H groups in total. The number of halogens is 1. The van der Waals surface area contributed by atoms with Crippen LogP contribution in [0.5, 0.6) is 0 Å². The quantitative estimate of drug-likeness (QED) is 0.837. The van der Waals surface area contributed by atoms with Crippen molar-refractivity contribution in [3.63, 3.8) is 0 Å². The fourth-order valence-corrected chi connectivity index (χ4v) is 3.87. The van der Waals surface area contributed by atoms with E-state index in [-0.39, 0.29) is 29.8 Å². The molecule has 1 saturated carbocycles. The van der Waals surface area contributed by atoms with E-state index in [0.29, 0.717) is 24.9 Å². The van der Waals surface area contributed by atoms with Gasteiger partial charge in [-0.2, -0.15) is 0 Å². The Morgan fingerprint density at radius 1 is 1.41 bits per heavy atom. The molecule has 2 fully saturated rings. The third kappa shape index (κ3) is 2.95. The van der Waals surface area contributed by atoms with Gasteiger partial charge in [-0.3, -0.25) is 4.79 Å². The molecule has 2 aliphatic rings. The molecule has 0 spiro atoms. The first kappa shape index (κ1) is 17.1. The van der Waals surface area contributed by atoms with Gasteiger partial charge in [0.2, 0.25) is 5.91 Å². The maximum absolute atomic E-state index is 12.2. The second kappa shape index (κ2) is 6.47. The summed E-state index contributed by atoms with van der Waals surface area (Å²) in [5, 5.41) is 3.21. The molecule has 1 saturated heterocycles. The van der Waals surface area contributed by atoms with Gasteiger partial charge in [0.25, 0.3) is 0 Å². The number of carbonyl (C=O) groups excluding carboxylic acids is 1. The number of nitrogens with two attached hydrogens (primary N) is 1. The summed E-state index contributed by atoms with van der Waals surface area (Å²) in [7, 11) is 0. The molecular formula is C17H25ClN2O2. The number of ether oxygens (including phenoxy) is 1. The van der Waals surface area contributed by atoms with E-state index in [0.717, 1.165) is 24.3 Å². The van der Waals surface area contributed by atoms with E-state index < -0.39 is 0 Å². The van der Waals surface area contributed by atoms with Gasteiger partial charge in [0.1, 0.15) is 0 Å². The van der Waals surface area contributed by atoms with Crippen LogP contribution in [0.1, 0.15) is 32.3 Å². The number of hydrogen-bond donors (Lipinski definition) is 2. The molecule has 4 nitrogen and oxygen atoms in total. The molecule has 122 valence electrons. The normalized spacial score (nSPS) is 28.2.